The maximum absolute atomic E-state index is 12.1. The second kappa shape index (κ2) is 8.39. The molecule has 2 N–H and O–H groups in total. The van der Waals surface area contributed by atoms with Crippen molar-refractivity contribution in [1.82, 2.24) is 15.2 Å². The molecule has 25 heavy (non-hydrogen) atoms. The minimum atomic E-state index is -4.04. The number of aromatic nitrogens is 1. The van der Waals surface area contributed by atoms with Gasteiger partial charge in [-0.3, -0.25) is 10.2 Å². The lowest BCUT2D eigenvalue weighted by atomic mass is 10.4. The molecule has 2 rings (SSSR count). The third-order valence-corrected chi connectivity index (χ3v) is 5.34. The first kappa shape index (κ1) is 20.0. The summed E-state index contributed by atoms with van der Waals surface area (Å²) in [5.74, 6) is -0.931. The monoisotopic (exact) mass is 443 g/mol. The Morgan fingerprint density at radius 1 is 1.08 bits per heavy atom. The van der Waals surface area contributed by atoms with Crippen molar-refractivity contribution in [3.8, 4) is 5.88 Å². The minimum Gasteiger partial charge on any atom is -0.466 e. The Hall–Kier alpha value is -1.29. The molecule has 0 aliphatic rings. The zero-order valence-corrected chi connectivity index (χ0v) is 15.9. The highest BCUT2D eigenvalue weighted by Crippen LogP contribution is 2.30. The van der Waals surface area contributed by atoms with E-state index in [1.54, 1.807) is 6.07 Å². The van der Waals surface area contributed by atoms with Gasteiger partial charge >= 0.3 is 0 Å². The Morgan fingerprint density at radius 3 is 2.44 bits per heavy atom. The Labute approximate surface area is 163 Å². The number of pyridine rings is 1. The van der Waals surface area contributed by atoms with Crippen LogP contribution in [0.2, 0.25) is 20.2 Å². The molecule has 12 heteroatoms. The standard InChI is InChI=1S/C13H9Cl4N3O4S/c14-7-3-1-2-4-10(7)25(22,23)20-19-11(21)6-24-13-9(16)5-8(15)12(17)18-13/h1-5,20H,6H2,(H,19,21). The van der Waals surface area contributed by atoms with E-state index in [2.05, 4.69) is 4.98 Å². The van der Waals surface area contributed by atoms with Crippen LogP contribution in [0, 0.1) is 0 Å². The number of rotatable bonds is 6. The van der Waals surface area contributed by atoms with Crippen molar-refractivity contribution in [1.29, 1.82) is 0 Å². The summed E-state index contributed by atoms with van der Waals surface area (Å²) in [6.45, 7) is -0.574. The fourth-order valence-electron chi connectivity index (χ4n) is 1.54. The number of benzene rings is 1. The molecule has 1 aromatic carbocycles. The van der Waals surface area contributed by atoms with Gasteiger partial charge in [-0.2, -0.15) is 4.98 Å². The Kier molecular flexibility index (Phi) is 6.72. The molecule has 7 nitrogen and oxygen atoms in total. The number of sulfonamides is 1. The summed E-state index contributed by atoms with van der Waals surface area (Å²) >= 11 is 23.1. The van der Waals surface area contributed by atoms with Gasteiger partial charge in [0.2, 0.25) is 5.88 Å². The van der Waals surface area contributed by atoms with Gasteiger partial charge in [0.25, 0.3) is 15.9 Å². The number of nitrogens with zero attached hydrogens (tertiary/aromatic N) is 1. The predicted octanol–water partition coefficient (Wildman–Crippen LogP) is 3.08. The van der Waals surface area contributed by atoms with Gasteiger partial charge in [0.05, 0.1) is 10.0 Å². The molecule has 0 atom stereocenters. The van der Waals surface area contributed by atoms with Crippen LogP contribution >= 0.6 is 46.4 Å². The molecule has 0 saturated heterocycles. The van der Waals surface area contributed by atoms with Crippen LogP contribution in [0.4, 0.5) is 0 Å². The summed E-state index contributed by atoms with van der Waals surface area (Å²) < 4.78 is 29.2. The number of nitrogens with one attached hydrogen (secondary N) is 2. The number of amides is 1. The summed E-state index contributed by atoms with van der Waals surface area (Å²) in [6.07, 6.45) is 0. The number of ether oxygens (including phenoxy) is 1. The Bertz CT molecular complexity index is 908. The molecule has 0 bridgehead atoms. The quantitative estimate of drug-likeness (QED) is 0.527. The van der Waals surface area contributed by atoms with Crippen LogP contribution in [0.1, 0.15) is 0 Å². The number of hydrogen-bond acceptors (Lipinski definition) is 5. The van der Waals surface area contributed by atoms with Gasteiger partial charge in [0.15, 0.2) is 11.8 Å². The lowest BCUT2D eigenvalue weighted by molar-refractivity contribution is -0.123. The van der Waals surface area contributed by atoms with E-state index in [-0.39, 0.29) is 31.0 Å². The van der Waals surface area contributed by atoms with Crippen LogP contribution in [0.5, 0.6) is 5.88 Å². The van der Waals surface area contributed by atoms with Gasteiger partial charge in [0, 0.05) is 0 Å². The fraction of sp³-hybridized carbons (Fsp3) is 0.0769. The van der Waals surface area contributed by atoms with Crippen LogP contribution in [-0.2, 0) is 14.8 Å². The normalized spacial score (nSPS) is 11.2. The highest BCUT2D eigenvalue weighted by molar-refractivity contribution is 7.89. The first-order valence-corrected chi connectivity index (χ1v) is 9.39. The van der Waals surface area contributed by atoms with Crippen LogP contribution in [0.25, 0.3) is 0 Å². The lowest BCUT2D eigenvalue weighted by Crippen LogP contribution is -2.43. The zero-order valence-electron chi connectivity index (χ0n) is 12.1. The number of hydrazine groups is 1. The van der Waals surface area contributed by atoms with E-state index in [4.69, 9.17) is 51.1 Å². The van der Waals surface area contributed by atoms with E-state index >= 15 is 0 Å². The predicted molar refractivity (Wildman–Crippen MR) is 94.7 cm³/mol. The van der Waals surface area contributed by atoms with Crippen molar-refractivity contribution in [2.75, 3.05) is 6.61 Å². The van der Waals surface area contributed by atoms with Crippen molar-refractivity contribution in [3.63, 3.8) is 0 Å². The summed E-state index contributed by atoms with van der Waals surface area (Å²) in [6, 6.07) is 7.04. The van der Waals surface area contributed by atoms with Crippen molar-refractivity contribution in [3.05, 3.63) is 50.6 Å². The van der Waals surface area contributed by atoms with Crippen molar-refractivity contribution in [2.24, 2.45) is 0 Å². The van der Waals surface area contributed by atoms with Crippen LogP contribution in [-0.4, -0.2) is 25.9 Å². The minimum absolute atomic E-state index is 0.00675. The Morgan fingerprint density at radius 2 is 1.76 bits per heavy atom. The summed E-state index contributed by atoms with van der Waals surface area (Å²) in [7, 11) is -4.04. The third-order valence-electron chi connectivity index (χ3n) is 2.65. The van der Waals surface area contributed by atoms with E-state index in [9.17, 15) is 13.2 Å². The molecule has 1 aromatic heterocycles. The van der Waals surface area contributed by atoms with Crippen molar-refractivity contribution >= 4 is 62.3 Å². The first-order chi connectivity index (χ1) is 11.7. The summed E-state index contributed by atoms with van der Waals surface area (Å²) in [5.41, 5.74) is 1.97. The fourth-order valence-corrected chi connectivity index (χ4v) is 3.47. The van der Waals surface area contributed by atoms with Crippen LogP contribution in [0.15, 0.2) is 35.2 Å². The maximum atomic E-state index is 12.1. The first-order valence-electron chi connectivity index (χ1n) is 6.40. The molecular weight excluding hydrogens is 436 g/mol. The molecule has 0 aliphatic carbocycles. The largest absolute Gasteiger partial charge is 0.466 e. The van der Waals surface area contributed by atoms with Crippen molar-refractivity contribution in [2.45, 2.75) is 4.90 Å². The molecule has 0 fully saturated rings. The number of carbonyl (C=O) groups excluding carboxylic acids is 1. The van der Waals surface area contributed by atoms with Crippen LogP contribution < -0.4 is 15.0 Å². The average molecular weight is 445 g/mol. The second-order valence-electron chi connectivity index (χ2n) is 4.42. The molecule has 0 unspecified atom stereocenters. The third kappa shape index (κ3) is 5.34. The summed E-state index contributed by atoms with van der Waals surface area (Å²) in [5, 5.41) is 0.114. The van der Waals surface area contributed by atoms with E-state index < -0.39 is 22.5 Å². The van der Waals surface area contributed by atoms with Crippen LogP contribution in [0.3, 0.4) is 0 Å². The molecule has 1 amide bonds. The maximum Gasteiger partial charge on any atom is 0.272 e. The van der Waals surface area contributed by atoms with E-state index in [0.29, 0.717) is 0 Å². The SMILES string of the molecule is O=C(COc1nc(Cl)c(Cl)cc1Cl)NNS(=O)(=O)c1ccccc1Cl. The number of halogens is 4. The van der Waals surface area contributed by atoms with E-state index in [1.807, 2.05) is 10.3 Å². The van der Waals surface area contributed by atoms with Gasteiger partial charge in [-0.25, -0.2) is 8.42 Å². The summed E-state index contributed by atoms with van der Waals surface area (Å²) in [4.78, 5) is 17.2. The van der Waals surface area contributed by atoms with E-state index in [1.165, 1.54) is 24.3 Å². The van der Waals surface area contributed by atoms with Gasteiger partial charge in [-0.05, 0) is 18.2 Å². The second-order valence-corrected chi connectivity index (χ2v) is 7.65. The average Bonchev–Trinajstić information content (AvgIpc) is 2.55. The van der Waals surface area contributed by atoms with Gasteiger partial charge < -0.3 is 4.74 Å². The van der Waals surface area contributed by atoms with Gasteiger partial charge in [-0.15, -0.1) is 4.83 Å². The number of carbonyl (C=O) groups is 1. The molecule has 0 saturated carbocycles. The molecular formula is C13H9Cl4N3O4S. The smallest absolute Gasteiger partial charge is 0.272 e. The van der Waals surface area contributed by atoms with Crippen molar-refractivity contribution < 1.29 is 17.9 Å². The highest BCUT2D eigenvalue weighted by Gasteiger charge is 2.18. The molecule has 1 heterocycles. The molecule has 0 aliphatic heterocycles. The Balaban J connectivity index is 1.95. The topological polar surface area (TPSA) is 97.4 Å². The molecule has 2 aromatic rings. The lowest BCUT2D eigenvalue weighted by Gasteiger charge is -2.11. The van der Waals surface area contributed by atoms with E-state index in [0.717, 1.165) is 0 Å². The molecule has 134 valence electrons. The molecule has 0 spiro atoms. The van der Waals surface area contributed by atoms with Gasteiger partial charge in [-0.1, -0.05) is 58.5 Å². The zero-order chi connectivity index (χ0) is 18.6. The molecule has 0 radical (unpaired) electrons. The number of hydrogen-bond donors (Lipinski definition) is 2. The highest BCUT2D eigenvalue weighted by atomic mass is 35.5. The van der Waals surface area contributed by atoms with Gasteiger partial charge in [0.1, 0.15) is 9.92 Å².